The molecule has 0 atom stereocenters. The van der Waals surface area contributed by atoms with Crippen LogP contribution in [0.3, 0.4) is 0 Å². The molecule has 0 aromatic carbocycles. The minimum absolute atomic E-state index is 0.0852. The second-order valence-electron chi connectivity index (χ2n) is 5.72. The molecule has 0 unspecified atom stereocenters. The van der Waals surface area contributed by atoms with E-state index >= 15 is 0 Å². The van der Waals surface area contributed by atoms with Gasteiger partial charge in [0.1, 0.15) is 0 Å². The summed E-state index contributed by atoms with van der Waals surface area (Å²) >= 11 is 0. The first-order chi connectivity index (χ1) is 13.1. The van der Waals surface area contributed by atoms with E-state index in [2.05, 4.69) is 37.6 Å². The second kappa shape index (κ2) is 26.6. The first-order valence-corrected chi connectivity index (χ1v) is 10.2. The number of nitrogens with two attached hydrogens (primary N) is 1. The molecule has 1 fully saturated rings. The van der Waals surface area contributed by atoms with Gasteiger partial charge in [0.2, 0.25) is 5.91 Å². The Bertz CT molecular complexity index is 381. The number of amides is 1. The molecule has 1 aliphatic rings. The number of nitrogens with zero attached hydrogens (tertiary/aromatic N) is 1. The summed E-state index contributed by atoms with van der Waals surface area (Å²) in [7, 11) is 0. The van der Waals surface area contributed by atoms with Crippen molar-refractivity contribution in [2.45, 2.75) is 72.8 Å². The van der Waals surface area contributed by atoms with E-state index < -0.39 is 0 Å². The van der Waals surface area contributed by atoms with Crippen LogP contribution in [0.2, 0.25) is 0 Å². The van der Waals surface area contributed by atoms with Gasteiger partial charge in [0, 0.05) is 19.3 Å². The Morgan fingerprint density at radius 3 is 2.11 bits per heavy atom. The minimum atomic E-state index is 0.0852. The molecular weight excluding hydrogens is 334 g/mol. The predicted octanol–water partition coefficient (Wildman–Crippen LogP) is 5.20. The van der Waals surface area contributed by atoms with E-state index in [9.17, 15) is 4.79 Å². The molecule has 0 aliphatic heterocycles. The lowest BCUT2D eigenvalue weighted by Crippen LogP contribution is -2.41. The van der Waals surface area contributed by atoms with Crippen molar-refractivity contribution in [1.82, 2.24) is 10.2 Å². The highest BCUT2D eigenvalue weighted by atomic mass is 16.2. The Hall–Kier alpha value is -1.65. The fourth-order valence-electron chi connectivity index (χ4n) is 1.57. The summed E-state index contributed by atoms with van der Waals surface area (Å²) in [6.45, 7) is 19.0. The van der Waals surface area contributed by atoms with E-state index in [-0.39, 0.29) is 5.91 Å². The molecule has 1 rings (SSSR count). The van der Waals surface area contributed by atoms with Crippen LogP contribution in [0.15, 0.2) is 49.6 Å². The van der Waals surface area contributed by atoms with Gasteiger partial charge in [-0.15, -0.1) is 13.2 Å². The zero-order chi connectivity index (χ0) is 21.3. The molecule has 4 heteroatoms. The maximum absolute atomic E-state index is 11.4. The summed E-state index contributed by atoms with van der Waals surface area (Å²) in [4.78, 5) is 13.3. The Kier molecular flexibility index (Phi) is 29.6. The number of allylic oxidation sites excluding steroid dienone is 5. The number of hydrogen-bond acceptors (Lipinski definition) is 3. The van der Waals surface area contributed by atoms with Gasteiger partial charge in [-0.25, -0.2) is 0 Å². The van der Waals surface area contributed by atoms with Crippen molar-refractivity contribution >= 4 is 5.91 Å². The van der Waals surface area contributed by atoms with E-state index in [1.54, 1.807) is 0 Å². The number of hydrogen-bond donors (Lipinski definition) is 2. The molecule has 1 saturated carbocycles. The standard InChI is InChI=1S/C10H19N3O.C7H12.C4H8.C2H6/c1-2-3-6-13(8-11)7-10(14)12-9-4-5-9;1-3-5-7-6-4-2;1-3-4-2;1-2/h2,9H,1,3-8,11H2,(H,12,14);3,6-7H,1,4-5H2,2H3;3-4H,1-2H3;1-2H3/b;7-6-;4-3-;. The van der Waals surface area contributed by atoms with Gasteiger partial charge in [-0.2, -0.15) is 0 Å². The molecule has 27 heavy (non-hydrogen) atoms. The van der Waals surface area contributed by atoms with Crippen LogP contribution in [0.5, 0.6) is 0 Å². The fourth-order valence-corrected chi connectivity index (χ4v) is 1.57. The molecule has 1 amide bonds. The van der Waals surface area contributed by atoms with E-state index in [4.69, 9.17) is 5.73 Å². The molecule has 0 spiro atoms. The van der Waals surface area contributed by atoms with Gasteiger partial charge in [0.05, 0.1) is 6.54 Å². The summed E-state index contributed by atoms with van der Waals surface area (Å²) in [6.07, 6.45) is 17.2. The third kappa shape index (κ3) is 29.4. The van der Waals surface area contributed by atoms with Crippen LogP contribution in [0, 0.1) is 0 Å². The smallest absolute Gasteiger partial charge is 0.234 e. The topological polar surface area (TPSA) is 58.4 Å². The number of nitrogens with one attached hydrogen (secondary N) is 1. The third-order valence-electron chi connectivity index (χ3n) is 3.26. The fraction of sp³-hybridized carbons (Fsp3) is 0.609. The third-order valence-corrected chi connectivity index (χ3v) is 3.26. The van der Waals surface area contributed by atoms with Crippen molar-refractivity contribution in [2.24, 2.45) is 5.73 Å². The van der Waals surface area contributed by atoms with Crippen molar-refractivity contribution in [3.63, 3.8) is 0 Å². The Balaban J connectivity index is -0.000000371. The van der Waals surface area contributed by atoms with Gasteiger partial charge in [-0.3, -0.25) is 9.69 Å². The largest absolute Gasteiger partial charge is 0.352 e. The number of carbonyl (C=O) groups excluding carboxylic acids is 1. The molecule has 0 bridgehead atoms. The van der Waals surface area contributed by atoms with Gasteiger partial charge in [0.15, 0.2) is 0 Å². The Labute approximate surface area is 169 Å². The molecular formula is C23H45N3O. The van der Waals surface area contributed by atoms with E-state index in [0.29, 0.717) is 19.3 Å². The summed E-state index contributed by atoms with van der Waals surface area (Å²) < 4.78 is 0. The zero-order valence-corrected chi connectivity index (χ0v) is 18.5. The average Bonchev–Trinajstić information content (AvgIpc) is 3.51. The molecule has 0 saturated heterocycles. The van der Waals surface area contributed by atoms with Crippen LogP contribution >= 0.6 is 0 Å². The minimum Gasteiger partial charge on any atom is -0.352 e. The normalized spacial score (nSPS) is 12.3. The van der Waals surface area contributed by atoms with Gasteiger partial charge < -0.3 is 11.1 Å². The first kappa shape index (κ1) is 30.1. The lowest BCUT2D eigenvalue weighted by Gasteiger charge is -2.18. The quantitative estimate of drug-likeness (QED) is 0.405. The lowest BCUT2D eigenvalue weighted by molar-refractivity contribution is -0.122. The maximum atomic E-state index is 11.4. The summed E-state index contributed by atoms with van der Waals surface area (Å²) in [5.74, 6) is 0.0852. The molecule has 0 aromatic heterocycles. The van der Waals surface area contributed by atoms with Crippen LogP contribution in [0.25, 0.3) is 0 Å². The van der Waals surface area contributed by atoms with Gasteiger partial charge in [-0.05, 0) is 46.0 Å². The molecule has 0 aromatic rings. The number of carbonyl (C=O) groups is 1. The Morgan fingerprint density at radius 2 is 1.74 bits per heavy atom. The van der Waals surface area contributed by atoms with Crippen molar-refractivity contribution in [2.75, 3.05) is 19.8 Å². The van der Waals surface area contributed by atoms with Crippen molar-refractivity contribution in [1.29, 1.82) is 0 Å². The van der Waals surface area contributed by atoms with Gasteiger partial charge >= 0.3 is 0 Å². The molecule has 0 heterocycles. The second-order valence-corrected chi connectivity index (χ2v) is 5.72. The first-order valence-electron chi connectivity index (χ1n) is 10.2. The van der Waals surface area contributed by atoms with Crippen molar-refractivity contribution in [3.05, 3.63) is 49.6 Å². The maximum Gasteiger partial charge on any atom is 0.234 e. The highest BCUT2D eigenvalue weighted by Crippen LogP contribution is 2.18. The van der Waals surface area contributed by atoms with Crippen LogP contribution in [0.1, 0.15) is 66.7 Å². The average molecular weight is 380 g/mol. The highest BCUT2D eigenvalue weighted by molar-refractivity contribution is 5.78. The van der Waals surface area contributed by atoms with Crippen molar-refractivity contribution in [3.8, 4) is 0 Å². The van der Waals surface area contributed by atoms with Crippen LogP contribution in [-0.2, 0) is 4.79 Å². The Morgan fingerprint density at radius 1 is 1.15 bits per heavy atom. The lowest BCUT2D eigenvalue weighted by atomic mass is 10.3. The van der Waals surface area contributed by atoms with E-state index in [1.165, 1.54) is 0 Å². The summed E-state index contributed by atoms with van der Waals surface area (Å²) in [5.41, 5.74) is 5.52. The van der Waals surface area contributed by atoms with Crippen LogP contribution < -0.4 is 11.1 Å². The molecule has 1 aliphatic carbocycles. The number of rotatable bonds is 10. The molecule has 3 N–H and O–H groups in total. The van der Waals surface area contributed by atoms with E-state index in [1.807, 2.05) is 56.9 Å². The predicted molar refractivity (Wildman–Crippen MR) is 123 cm³/mol. The van der Waals surface area contributed by atoms with E-state index in [0.717, 1.165) is 38.6 Å². The van der Waals surface area contributed by atoms with Gasteiger partial charge in [-0.1, -0.05) is 57.2 Å². The summed E-state index contributed by atoms with van der Waals surface area (Å²) in [6, 6.07) is 0.432. The molecule has 0 radical (unpaired) electrons. The molecule has 158 valence electrons. The molecule has 4 nitrogen and oxygen atoms in total. The van der Waals surface area contributed by atoms with Crippen LogP contribution in [-0.4, -0.2) is 36.6 Å². The SMILES string of the molecule is C/C=C\C.C=CC/C=C\CC.C=CCCN(CN)CC(=O)NC1CC1.CC. The zero-order valence-electron chi connectivity index (χ0n) is 18.5. The highest BCUT2D eigenvalue weighted by Gasteiger charge is 2.23. The monoisotopic (exact) mass is 379 g/mol. The van der Waals surface area contributed by atoms with Crippen molar-refractivity contribution < 1.29 is 4.79 Å². The summed E-state index contributed by atoms with van der Waals surface area (Å²) in [5, 5.41) is 2.93. The van der Waals surface area contributed by atoms with Crippen LogP contribution in [0.4, 0.5) is 0 Å². The van der Waals surface area contributed by atoms with Gasteiger partial charge in [0.25, 0.3) is 0 Å².